The zero-order chi connectivity index (χ0) is 16.4. The molecule has 24 heavy (non-hydrogen) atoms. The molecule has 0 aromatic carbocycles. The van der Waals surface area contributed by atoms with Crippen LogP contribution in [0.2, 0.25) is 5.02 Å². The van der Waals surface area contributed by atoms with E-state index in [9.17, 15) is 0 Å². The average molecular weight is 360 g/mol. The van der Waals surface area contributed by atoms with Crippen LogP contribution < -0.4 is 5.32 Å². The maximum atomic E-state index is 6.23. The fourth-order valence-corrected chi connectivity index (χ4v) is 4.15. The number of nitrogens with one attached hydrogen (secondary N) is 1. The molecule has 3 aromatic rings. The van der Waals surface area contributed by atoms with E-state index in [4.69, 9.17) is 16.3 Å². The van der Waals surface area contributed by atoms with Crippen LogP contribution in [0.4, 0.5) is 0 Å². The van der Waals surface area contributed by atoms with Crippen molar-refractivity contribution in [1.82, 2.24) is 15.3 Å². The number of hydrogen-bond donors (Lipinski definition) is 1. The Hall–Kier alpha value is -1.53. The highest BCUT2D eigenvalue weighted by molar-refractivity contribution is 7.22. The predicted octanol–water partition coefficient (Wildman–Crippen LogP) is 3.93. The van der Waals surface area contributed by atoms with Crippen molar-refractivity contribution >= 4 is 33.2 Å². The number of morpholine rings is 1. The second-order valence-corrected chi connectivity index (χ2v) is 7.36. The second kappa shape index (κ2) is 7.15. The third kappa shape index (κ3) is 3.44. The smallest absolute Gasteiger partial charge is 0.0831 e. The van der Waals surface area contributed by atoms with Gasteiger partial charge >= 0.3 is 0 Å². The molecular formula is C18H18ClN3OS. The lowest BCUT2D eigenvalue weighted by Crippen LogP contribution is -2.38. The number of hydrogen-bond acceptors (Lipinski definition) is 5. The van der Waals surface area contributed by atoms with E-state index in [1.54, 1.807) is 17.5 Å². The van der Waals surface area contributed by atoms with Gasteiger partial charge < -0.3 is 10.1 Å². The quantitative estimate of drug-likeness (QED) is 0.766. The molecule has 1 saturated heterocycles. The van der Waals surface area contributed by atoms with Crippen LogP contribution >= 0.6 is 22.9 Å². The van der Waals surface area contributed by atoms with Crippen molar-refractivity contribution in [1.29, 1.82) is 0 Å². The van der Waals surface area contributed by atoms with E-state index in [2.05, 4.69) is 33.5 Å². The number of aromatic nitrogens is 2. The van der Waals surface area contributed by atoms with Gasteiger partial charge in [0.25, 0.3) is 0 Å². The van der Waals surface area contributed by atoms with Gasteiger partial charge in [-0.25, -0.2) is 0 Å². The molecule has 6 heteroatoms. The first-order valence-electron chi connectivity index (χ1n) is 8.11. The third-order valence-corrected chi connectivity index (χ3v) is 5.81. The van der Waals surface area contributed by atoms with E-state index in [0.29, 0.717) is 6.10 Å². The molecule has 0 bridgehead atoms. The largest absolute Gasteiger partial charge is 0.376 e. The zero-order valence-corrected chi connectivity index (χ0v) is 14.7. The third-order valence-electron chi connectivity index (χ3n) is 4.20. The van der Waals surface area contributed by atoms with Crippen LogP contribution in [-0.4, -0.2) is 35.8 Å². The SMILES string of the molecule is Clc1ccnc2cc(-c3ccc(CCC4CNCCO4)cn3)sc12. The molecule has 0 radical (unpaired) electrons. The van der Waals surface area contributed by atoms with Gasteiger partial charge in [-0.05, 0) is 36.6 Å². The van der Waals surface area contributed by atoms with E-state index in [-0.39, 0.29) is 0 Å². The summed E-state index contributed by atoms with van der Waals surface area (Å²) in [5, 5.41) is 4.11. The summed E-state index contributed by atoms with van der Waals surface area (Å²) in [6.07, 6.45) is 6.02. The van der Waals surface area contributed by atoms with Crippen molar-refractivity contribution in [3.8, 4) is 10.6 Å². The topological polar surface area (TPSA) is 47.0 Å². The predicted molar refractivity (Wildman–Crippen MR) is 98.8 cm³/mol. The molecule has 1 unspecified atom stereocenters. The Labute approximate surface area is 149 Å². The van der Waals surface area contributed by atoms with Gasteiger partial charge in [0.2, 0.25) is 0 Å². The van der Waals surface area contributed by atoms with Crippen molar-refractivity contribution < 1.29 is 4.74 Å². The fraction of sp³-hybridized carbons (Fsp3) is 0.333. The van der Waals surface area contributed by atoms with Crippen LogP contribution in [0.3, 0.4) is 0 Å². The highest BCUT2D eigenvalue weighted by atomic mass is 35.5. The minimum Gasteiger partial charge on any atom is -0.376 e. The summed E-state index contributed by atoms with van der Waals surface area (Å²) in [5.74, 6) is 0. The maximum absolute atomic E-state index is 6.23. The van der Waals surface area contributed by atoms with Crippen molar-refractivity contribution in [2.75, 3.05) is 19.7 Å². The summed E-state index contributed by atoms with van der Waals surface area (Å²) in [6.45, 7) is 2.71. The molecule has 0 spiro atoms. The number of halogens is 1. The van der Waals surface area contributed by atoms with E-state index in [1.165, 1.54) is 5.56 Å². The first kappa shape index (κ1) is 16.0. The molecule has 1 aliphatic heterocycles. The van der Waals surface area contributed by atoms with Crippen LogP contribution in [0.1, 0.15) is 12.0 Å². The molecule has 1 atom stereocenters. The Bertz CT molecular complexity index is 828. The second-order valence-electron chi connectivity index (χ2n) is 5.91. The van der Waals surface area contributed by atoms with Gasteiger partial charge in [0.15, 0.2) is 0 Å². The molecule has 4 rings (SSSR count). The lowest BCUT2D eigenvalue weighted by atomic mass is 10.1. The number of thiophene rings is 1. The molecule has 4 nitrogen and oxygen atoms in total. The number of pyridine rings is 2. The monoisotopic (exact) mass is 359 g/mol. The van der Waals surface area contributed by atoms with Gasteiger partial charge in [-0.2, -0.15) is 0 Å². The summed E-state index contributed by atoms with van der Waals surface area (Å²) in [4.78, 5) is 10.1. The van der Waals surface area contributed by atoms with Gasteiger partial charge in [0, 0.05) is 25.5 Å². The van der Waals surface area contributed by atoms with Crippen molar-refractivity contribution in [2.24, 2.45) is 0 Å². The Morgan fingerprint density at radius 2 is 2.25 bits per heavy atom. The number of fused-ring (bicyclic) bond motifs is 1. The van der Waals surface area contributed by atoms with Gasteiger partial charge in [-0.1, -0.05) is 17.7 Å². The molecule has 0 aliphatic carbocycles. The molecule has 3 aromatic heterocycles. The Kier molecular flexibility index (Phi) is 4.76. The van der Waals surface area contributed by atoms with Crippen LogP contribution in [0, 0.1) is 0 Å². The summed E-state index contributed by atoms with van der Waals surface area (Å²) >= 11 is 7.86. The number of nitrogens with zero attached hydrogens (tertiary/aromatic N) is 2. The molecule has 0 amide bonds. The van der Waals surface area contributed by atoms with Crippen molar-refractivity contribution in [3.05, 3.63) is 47.2 Å². The lowest BCUT2D eigenvalue weighted by molar-refractivity contribution is 0.0238. The highest BCUT2D eigenvalue weighted by Crippen LogP contribution is 2.35. The Balaban J connectivity index is 1.47. The Morgan fingerprint density at radius 1 is 1.29 bits per heavy atom. The molecule has 4 heterocycles. The van der Waals surface area contributed by atoms with Crippen LogP contribution in [0.25, 0.3) is 20.8 Å². The molecular weight excluding hydrogens is 342 g/mol. The first-order chi connectivity index (χ1) is 11.8. The summed E-state index contributed by atoms with van der Waals surface area (Å²) in [7, 11) is 0. The van der Waals surface area contributed by atoms with Crippen LogP contribution in [0.15, 0.2) is 36.7 Å². The molecule has 0 saturated carbocycles. The van der Waals surface area contributed by atoms with Crippen LogP contribution in [-0.2, 0) is 11.2 Å². The average Bonchev–Trinajstić information content (AvgIpc) is 3.07. The van der Waals surface area contributed by atoms with Gasteiger partial charge in [0.1, 0.15) is 0 Å². The number of ether oxygens (including phenoxy) is 1. The molecule has 1 N–H and O–H groups in total. The fourth-order valence-electron chi connectivity index (χ4n) is 2.88. The standard InChI is InChI=1S/C18H18ClN3OS/c19-14-5-6-21-16-9-17(24-18(14)16)15-4-2-12(10-22-15)1-3-13-11-20-7-8-23-13/h2,4-6,9-10,13,20H,1,3,7-8,11H2. The van der Waals surface area contributed by atoms with E-state index in [1.807, 2.05) is 12.3 Å². The molecule has 1 aliphatic rings. The normalized spacial score (nSPS) is 18.1. The van der Waals surface area contributed by atoms with Gasteiger partial charge in [0.05, 0.1) is 38.5 Å². The highest BCUT2D eigenvalue weighted by Gasteiger charge is 2.13. The zero-order valence-electron chi connectivity index (χ0n) is 13.2. The van der Waals surface area contributed by atoms with Gasteiger partial charge in [-0.3, -0.25) is 9.97 Å². The number of rotatable bonds is 4. The van der Waals surface area contributed by atoms with E-state index < -0.39 is 0 Å². The van der Waals surface area contributed by atoms with Crippen LogP contribution in [0.5, 0.6) is 0 Å². The summed E-state index contributed by atoms with van der Waals surface area (Å²) < 4.78 is 6.75. The lowest BCUT2D eigenvalue weighted by Gasteiger charge is -2.23. The summed E-state index contributed by atoms with van der Waals surface area (Å²) in [6, 6.07) is 8.10. The summed E-state index contributed by atoms with van der Waals surface area (Å²) in [5.41, 5.74) is 3.13. The van der Waals surface area contributed by atoms with Gasteiger partial charge in [-0.15, -0.1) is 11.3 Å². The number of aryl methyl sites for hydroxylation is 1. The molecule has 1 fully saturated rings. The molecule has 124 valence electrons. The van der Waals surface area contributed by atoms with Crippen molar-refractivity contribution in [2.45, 2.75) is 18.9 Å². The van der Waals surface area contributed by atoms with E-state index in [0.717, 1.165) is 58.3 Å². The first-order valence-corrected chi connectivity index (χ1v) is 9.31. The minimum absolute atomic E-state index is 0.314. The maximum Gasteiger partial charge on any atom is 0.0831 e. The van der Waals surface area contributed by atoms with E-state index >= 15 is 0 Å². The van der Waals surface area contributed by atoms with Crippen molar-refractivity contribution in [3.63, 3.8) is 0 Å². The Morgan fingerprint density at radius 3 is 3.00 bits per heavy atom. The minimum atomic E-state index is 0.314.